The zero-order chi connectivity index (χ0) is 23.1. The molecule has 3 heterocycles. The minimum atomic E-state index is -0.158. The highest BCUT2D eigenvalue weighted by Gasteiger charge is 2.18. The maximum atomic E-state index is 12.9. The van der Waals surface area contributed by atoms with Crippen LogP contribution in [0.2, 0.25) is 5.02 Å². The van der Waals surface area contributed by atoms with Gasteiger partial charge in [-0.05, 0) is 31.2 Å². The summed E-state index contributed by atoms with van der Waals surface area (Å²) in [4.78, 5) is 12.9. The van der Waals surface area contributed by atoms with Gasteiger partial charge >= 0.3 is 0 Å². The van der Waals surface area contributed by atoms with E-state index in [0.717, 1.165) is 27.8 Å². The van der Waals surface area contributed by atoms with Crippen molar-refractivity contribution in [1.29, 1.82) is 0 Å². The van der Waals surface area contributed by atoms with Crippen molar-refractivity contribution in [3.8, 4) is 11.4 Å². The van der Waals surface area contributed by atoms with E-state index in [1.54, 1.807) is 40.9 Å². The zero-order valence-corrected chi connectivity index (χ0v) is 18.9. The number of methoxy groups -OCH3 is 1. The minimum absolute atomic E-state index is 0.158. The number of rotatable bonds is 6. The Balaban J connectivity index is 1.45. The number of hydrogen-bond donors (Lipinski definition) is 2. The van der Waals surface area contributed by atoms with Gasteiger partial charge in [0.25, 0.3) is 0 Å². The summed E-state index contributed by atoms with van der Waals surface area (Å²) < 4.78 is 8.82. The molecule has 0 spiro atoms. The van der Waals surface area contributed by atoms with Crippen molar-refractivity contribution in [2.45, 2.75) is 6.92 Å². The summed E-state index contributed by atoms with van der Waals surface area (Å²) in [6.45, 7) is 1.95. The van der Waals surface area contributed by atoms with Gasteiger partial charge in [0.05, 0.1) is 52.5 Å². The van der Waals surface area contributed by atoms with Crippen LogP contribution in [0.4, 0.5) is 11.5 Å². The van der Waals surface area contributed by atoms with Crippen molar-refractivity contribution in [3.05, 3.63) is 76.8 Å². The van der Waals surface area contributed by atoms with Crippen LogP contribution in [0, 0.1) is 6.92 Å². The second kappa shape index (κ2) is 8.10. The highest BCUT2D eigenvalue weighted by Crippen LogP contribution is 2.33. The molecule has 0 saturated heterocycles. The number of aryl methyl sites for hydroxylation is 2. The van der Waals surface area contributed by atoms with Crippen molar-refractivity contribution in [3.63, 3.8) is 0 Å². The third-order valence-electron chi connectivity index (χ3n) is 5.37. The summed E-state index contributed by atoms with van der Waals surface area (Å²) in [7, 11) is 3.30. The summed E-state index contributed by atoms with van der Waals surface area (Å²) in [5.74, 6) is 0.960. The molecular formula is C23H20ClN7O2. The van der Waals surface area contributed by atoms with Crippen LogP contribution in [0.3, 0.4) is 0 Å². The highest BCUT2D eigenvalue weighted by atomic mass is 35.5. The van der Waals surface area contributed by atoms with E-state index in [1.807, 2.05) is 31.3 Å². The molecule has 0 saturated carbocycles. The first-order valence-corrected chi connectivity index (χ1v) is 10.5. The van der Waals surface area contributed by atoms with E-state index in [2.05, 4.69) is 25.7 Å². The molecule has 2 aromatic carbocycles. The monoisotopic (exact) mass is 461 g/mol. The van der Waals surface area contributed by atoms with E-state index in [1.165, 1.54) is 13.3 Å². The van der Waals surface area contributed by atoms with Gasteiger partial charge in [0.2, 0.25) is 0 Å². The maximum absolute atomic E-state index is 12.9. The van der Waals surface area contributed by atoms with Gasteiger partial charge in [0, 0.05) is 36.5 Å². The first-order valence-electron chi connectivity index (χ1n) is 10.1. The van der Waals surface area contributed by atoms with E-state index in [4.69, 9.17) is 16.3 Å². The number of benzene rings is 2. The molecule has 33 heavy (non-hydrogen) atoms. The average Bonchev–Trinajstić information content (AvgIpc) is 3.55. The van der Waals surface area contributed by atoms with E-state index >= 15 is 0 Å². The fourth-order valence-corrected chi connectivity index (χ4v) is 3.89. The van der Waals surface area contributed by atoms with E-state index < -0.39 is 0 Å². The van der Waals surface area contributed by atoms with Crippen LogP contribution in [0.5, 0.6) is 5.75 Å². The van der Waals surface area contributed by atoms with Crippen LogP contribution in [0.25, 0.3) is 16.6 Å². The van der Waals surface area contributed by atoms with Crippen LogP contribution in [0.1, 0.15) is 21.5 Å². The smallest absolute Gasteiger partial charge is 0.199 e. The van der Waals surface area contributed by atoms with Gasteiger partial charge in [0.1, 0.15) is 5.75 Å². The lowest BCUT2D eigenvalue weighted by Crippen LogP contribution is -2.05. The highest BCUT2D eigenvalue weighted by molar-refractivity contribution is 6.38. The Bertz CT molecular complexity index is 1500. The standard InChI is InChI=1S/C23H20ClN7O2/c1-13-11-31(29-23(13)27-19-7-6-18-17(21(19)24)10-25-28-18)15-4-5-16(20(8-15)33-3)22(32)14-9-26-30(2)12-14/h4-12H,1-3H3,(H,25,28)(H,27,29). The lowest BCUT2D eigenvalue weighted by molar-refractivity contribution is 0.103. The Morgan fingerprint density at radius 3 is 2.79 bits per heavy atom. The van der Waals surface area contributed by atoms with Gasteiger partial charge in [-0.3, -0.25) is 14.6 Å². The molecule has 5 aromatic rings. The van der Waals surface area contributed by atoms with Crippen LogP contribution in [-0.2, 0) is 7.05 Å². The Morgan fingerprint density at radius 2 is 2.03 bits per heavy atom. The van der Waals surface area contributed by atoms with Crippen molar-refractivity contribution < 1.29 is 9.53 Å². The van der Waals surface area contributed by atoms with E-state index in [0.29, 0.717) is 27.7 Å². The topological polar surface area (TPSA) is 103 Å². The molecule has 0 atom stereocenters. The number of H-pyrrole nitrogens is 1. The number of anilines is 2. The Morgan fingerprint density at radius 1 is 1.18 bits per heavy atom. The van der Waals surface area contributed by atoms with E-state index in [-0.39, 0.29) is 5.78 Å². The van der Waals surface area contributed by atoms with Gasteiger partial charge in [-0.2, -0.15) is 10.2 Å². The fourth-order valence-electron chi connectivity index (χ4n) is 3.63. The summed E-state index contributed by atoms with van der Waals surface area (Å²) in [5, 5.41) is 20.4. The molecule has 10 heteroatoms. The zero-order valence-electron chi connectivity index (χ0n) is 18.1. The lowest BCUT2D eigenvalue weighted by atomic mass is 10.0. The first-order chi connectivity index (χ1) is 15.9. The first kappa shape index (κ1) is 20.8. The molecule has 5 rings (SSSR count). The van der Waals surface area contributed by atoms with E-state index in [9.17, 15) is 4.79 Å². The number of ether oxygens (including phenoxy) is 1. The molecule has 0 aliphatic rings. The SMILES string of the molecule is COc1cc(-n2cc(C)c(Nc3ccc4[nH]ncc4c3Cl)n2)ccc1C(=O)c1cnn(C)c1. The molecule has 166 valence electrons. The fraction of sp³-hybridized carbons (Fsp3) is 0.130. The summed E-state index contributed by atoms with van der Waals surface area (Å²) >= 11 is 6.54. The molecular weight excluding hydrogens is 442 g/mol. The summed E-state index contributed by atoms with van der Waals surface area (Å²) in [6.07, 6.45) is 6.80. The van der Waals surface area contributed by atoms with Crippen LogP contribution >= 0.6 is 11.6 Å². The summed E-state index contributed by atoms with van der Waals surface area (Å²) in [5.41, 5.74) is 4.22. The minimum Gasteiger partial charge on any atom is -0.496 e. The van der Waals surface area contributed by atoms with Gasteiger partial charge in [-0.15, -0.1) is 5.10 Å². The van der Waals surface area contributed by atoms with Crippen LogP contribution in [-0.4, -0.2) is 42.7 Å². The number of ketones is 1. The Kier molecular flexibility index (Phi) is 5.10. The van der Waals surface area contributed by atoms with Crippen molar-refractivity contribution in [2.24, 2.45) is 7.05 Å². The molecule has 0 radical (unpaired) electrons. The second-order valence-corrected chi connectivity index (χ2v) is 7.98. The molecule has 0 amide bonds. The molecule has 9 nitrogen and oxygen atoms in total. The molecule has 3 aromatic heterocycles. The number of nitrogens with zero attached hydrogens (tertiary/aromatic N) is 5. The predicted molar refractivity (Wildman–Crippen MR) is 126 cm³/mol. The third kappa shape index (κ3) is 3.72. The molecule has 0 aliphatic heterocycles. The van der Waals surface area contributed by atoms with Crippen LogP contribution in [0.15, 0.2) is 55.1 Å². The maximum Gasteiger partial charge on any atom is 0.199 e. The molecule has 0 bridgehead atoms. The van der Waals surface area contributed by atoms with Gasteiger partial charge in [-0.1, -0.05) is 11.6 Å². The van der Waals surface area contributed by atoms with Crippen molar-refractivity contribution in [1.82, 2.24) is 29.8 Å². The number of aromatic nitrogens is 6. The van der Waals surface area contributed by atoms with Crippen molar-refractivity contribution in [2.75, 3.05) is 12.4 Å². The van der Waals surface area contributed by atoms with Crippen LogP contribution < -0.4 is 10.1 Å². The normalized spacial score (nSPS) is 11.2. The Labute approximate surface area is 193 Å². The number of nitrogens with one attached hydrogen (secondary N) is 2. The molecule has 0 fully saturated rings. The number of fused-ring (bicyclic) bond motifs is 1. The average molecular weight is 462 g/mol. The quantitative estimate of drug-likeness (QED) is 0.363. The number of carbonyl (C=O) groups is 1. The molecule has 0 aliphatic carbocycles. The van der Waals surface area contributed by atoms with Gasteiger partial charge < -0.3 is 10.1 Å². The number of hydrogen-bond acceptors (Lipinski definition) is 6. The predicted octanol–water partition coefficient (Wildman–Crippen LogP) is 4.43. The lowest BCUT2D eigenvalue weighted by Gasteiger charge is -2.10. The Hall–Kier alpha value is -4.11. The number of aromatic amines is 1. The molecule has 0 unspecified atom stereocenters. The van der Waals surface area contributed by atoms with Crippen molar-refractivity contribution >= 4 is 39.8 Å². The summed E-state index contributed by atoms with van der Waals surface area (Å²) in [6, 6.07) is 9.13. The second-order valence-electron chi connectivity index (χ2n) is 7.61. The van der Waals surface area contributed by atoms with Gasteiger partial charge in [-0.25, -0.2) is 4.68 Å². The largest absolute Gasteiger partial charge is 0.496 e. The van der Waals surface area contributed by atoms with Gasteiger partial charge in [0.15, 0.2) is 11.6 Å². The number of halogens is 1. The molecule has 2 N–H and O–H groups in total. The number of carbonyl (C=O) groups excluding carboxylic acids is 1. The third-order valence-corrected chi connectivity index (χ3v) is 5.78.